The summed E-state index contributed by atoms with van der Waals surface area (Å²) in [5.41, 5.74) is 0. The van der Waals surface area contributed by atoms with Crippen molar-refractivity contribution in [1.82, 2.24) is 15.5 Å². The molecule has 0 aliphatic carbocycles. The molecule has 1 saturated heterocycles. The first-order chi connectivity index (χ1) is 8.63. The number of carbonyl (C=O) groups excluding carboxylic acids is 2. The zero-order valence-electron chi connectivity index (χ0n) is 11.2. The van der Waals surface area contributed by atoms with Crippen LogP contribution in [0.2, 0.25) is 0 Å². The summed E-state index contributed by atoms with van der Waals surface area (Å²) in [6, 6.07) is -0.0391. The van der Waals surface area contributed by atoms with Gasteiger partial charge in [0.15, 0.2) is 0 Å². The largest absolute Gasteiger partial charge is 0.383 e. The molecule has 0 aromatic heterocycles. The number of piperidine rings is 1. The van der Waals surface area contributed by atoms with E-state index in [0.717, 1.165) is 19.4 Å². The van der Waals surface area contributed by atoms with Crippen LogP contribution in [0, 0.1) is 0 Å². The van der Waals surface area contributed by atoms with Crippen molar-refractivity contribution < 1.29 is 14.3 Å². The van der Waals surface area contributed by atoms with Crippen molar-refractivity contribution in [3.05, 3.63) is 0 Å². The average molecular weight is 257 g/mol. The lowest BCUT2D eigenvalue weighted by atomic mass is 10.0. The minimum absolute atomic E-state index is 0.251. The molecule has 1 heterocycles. The molecule has 104 valence electrons. The zero-order chi connectivity index (χ0) is 13.4. The van der Waals surface area contributed by atoms with E-state index < -0.39 is 6.03 Å². The molecule has 1 aliphatic heterocycles. The van der Waals surface area contributed by atoms with Gasteiger partial charge in [0.05, 0.1) is 13.2 Å². The van der Waals surface area contributed by atoms with Gasteiger partial charge in [0, 0.05) is 19.7 Å². The minimum Gasteiger partial charge on any atom is -0.383 e. The quantitative estimate of drug-likeness (QED) is 0.696. The predicted molar refractivity (Wildman–Crippen MR) is 68.3 cm³/mol. The van der Waals surface area contributed by atoms with Gasteiger partial charge in [-0.3, -0.25) is 15.0 Å². The molecular weight excluding hydrogens is 234 g/mol. The Balaban J connectivity index is 2.21. The van der Waals surface area contributed by atoms with Crippen molar-refractivity contribution in [2.24, 2.45) is 0 Å². The monoisotopic (exact) mass is 257 g/mol. The summed E-state index contributed by atoms with van der Waals surface area (Å²) in [5.74, 6) is -0.251. The van der Waals surface area contributed by atoms with Crippen LogP contribution in [0.5, 0.6) is 0 Å². The molecule has 0 spiro atoms. The first kappa shape index (κ1) is 14.9. The molecule has 1 aliphatic rings. The second kappa shape index (κ2) is 8.05. The highest BCUT2D eigenvalue weighted by Gasteiger charge is 2.21. The van der Waals surface area contributed by atoms with Gasteiger partial charge in [0.1, 0.15) is 0 Å². The van der Waals surface area contributed by atoms with Gasteiger partial charge < -0.3 is 10.1 Å². The van der Waals surface area contributed by atoms with Crippen LogP contribution in [0.4, 0.5) is 4.79 Å². The maximum Gasteiger partial charge on any atom is 0.321 e. The maximum absolute atomic E-state index is 11.7. The molecule has 2 N–H and O–H groups in total. The van der Waals surface area contributed by atoms with E-state index in [-0.39, 0.29) is 5.91 Å². The molecule has 6 nitrogen and oxygen atoms in total. The maximum atomic E-state index is 11.7. The van der Waals surface area contributed by atoms with Crippen molar-refractivity contribution in [2.45, 2.75) is 32.2 Å². The van der Waals surface area contributed by atoms with E-state index in [1.165, 1.54) is 6.42 Å². The third-order valence-corrected chi connectivity index (χ3v) is 3.13. The molecule has 0 radical (unpaired) electrons. The Morgan fingerprint density at radius 2 is 2.17 bits per heavy atom. The summed E-state index contributed by atoms with van der Waals surface area (Å²) in [5, 5.41) is 4.87. The molecular formula is C12H23N3O3. The number of nitrogens with zero attached hydrogens (tertiary/aromatic N) is 1. The number of likely N-dealkylation sites (tertiary alicyclic amines) is 1. The smallest absolute Gasteiger partial charge is 0.321 e. The molecule has 0 unspecified atom stereocenters. The summed E-state index contributed by atoms with van der Waals surface area (Å²) in [4.78, 5) is 25.1. The molecule has 0 aromatic rings. The molecule has 0 aromatic carbocycles. The van der Waals surface area contributed by atoms with Crippen molar-refractivity contribution in [3.8, 4) is 0 Å². The van der Waals surface area contributed by atoms with Gasteiger partial charge in [-0.25, -0.2) is 4.79 Å². The Labute approximate surface area is 108 Å². The van der Waals surface area contributed by atoms with Gasteiger partial charge in [0.25, 0.3) is 0 Å². The molecule has 3 amide bonds. The van der Waals surface area contributed by atoms with Crippen LogP contribution in [-0.2, 0) is 9.53 Å². The number of urea groups is 1. The van der Waals surface area contributed by atoms with Crippen LogP contribution in [-0.4, -0.2) is 56.2 Å². The lowest BCUT2D eigenvalue weighted by molar-refractivity contribution is -0.122. The Morgan fingerprint density at radius 1 is 1.39 bits per heavy atom. The van der Waals surface area contributed by atoms with E-state index >= 15 is 0 Å². The summed E-state index contributed by atoms with van der Waals surface area (Å²) in [7, 11) is 1.56. The zero-order valence-corrected chi connectivity index (χ0v) is 11.2. The number of imide groups is 1. The third-order valence-electron chi connectivity index (χ3n) is 3.13. The molecule has 0 bridgehead atoms. The Kier molecular flexibility index (Phi) is 6.67. The lowest BCUT2D eigenvalue weighted by Crippen LogP contribution is -2.48. The summed E-state index contributed by atoms with van der Waals surface area (Å²) in [6.07, 6.45) is 3.46. The fourth-order valence-electron chi connectivity index (χ4n) is 2.05. The van der Waals surface area contributed by atoms with Gasteiger partial charge in [-0.1, -0.05) is 6.42 Å². The van der Waals surface area contributed by atoms with Crippen LogP contribution in [0.1, 0.15) is 26.2 Å². The topological polar surface area (TPSA) is 70.7 Å². The second-order valence-corrected chi connectivity index (χ2v) is 4.61. The summed E-state index contributed by atoms with van der Waals surface area (Å²) < 4.78 is 4.80. The van der Waals surface area contributed by atoms with Crippen LogP contribution in [0.25, 0.3) is 0 Å². The SMILES string of the molecule is COCCNC(=O)NC(=O)CN1CCCC[C@@H]1C. The van der Waals surface area contributed by atoms with Gasteiger partial charge >= 0.3 is 6.03 Å². The number of amides is 3. The van der Waals surface area contributed by atoms with E-state index in [4.69, 9.17) is 4.74 Å². The van der Waals surface area contributed by atoms with E-state index in [9.17, 15) is 9.59 Å². The highest BCUT2D eigenvalue weighted by Crippen LogP contribution is 2.15. The van der Waals surface area contributed by atoms with Gasteiger partial charge in [0.2, 0.25) is 5.91 Å². The van der Waals surface area contributed by atoms with Crippen LogP contribution in [0.15, 0.2) is 0 Å². The van der Waals surface area contributed by atoms with E-state index in [1.54, 1.807) is 7.11 Å². The first-order valence-electron chi connectivity index (χ1n) is 6.44. The minimum atomic E-state index is -0.457. The number of carbonyl (C=O) groups is 2. The number of methoxy groups -OCH3 is 1. The van der Waals surface area contributed by atoms with Gasteiger partial charge in [-0.05, 0) is 26.3 Å². The molecule has 1 atom stereocenters. The highest BCUT2D eigenvalue weighted by atomic mass is 16.5. The van der Waals surface area contributed by atoms with E-state index in [1.807, 2.05) is 0 Å². The number of rotatable bonds is 5. The van der Waals surface area contributed by atoms with E-state index in [0.29, 0.717) is 25.7 Å². The Morgan fingerprint density at radius 3 is 2.83 bits per heavy atom. The van der Waals surface area contributed by atoms with Gasteiger partial charge in [-0.15, -0.1) is 0 Å². The molecule has 0 saturated carbocycles. The first-order valence-corrected chi connectivity index (χ1v) is 6.44. The lowest BCUT2D eigenvalue weighted by Gasteiger charge is -2.32. The Hall–Kier alpha value is -1.14. The average Bonchev–Trinajstić information content (AvgIpc) is 2.32. The second-order valence-electron chi connectivity index (χ2n) is 4.61. The predicted octanol–water partition coefficient (Wildman–Crippen LogP) is 0.333. The molecule has 6 heteroatoms. The Bertz CT molecular complexity index is 284. The number of nitrogens with one attached hydrogen (secondary N) is 2. The number of hydrogen-bond donors (Lipinski definition) is 2. The van der Waals surface area contributed by atoms with Crippen molar-refractivity contribution in [3.63, 3.8) is 0 Å². The molecule has 1 fully saturated rings. The fraction of sp³-hybridized carbons (Fsp3) is 0.833. The fourth-order valence-corrected chi connectivity index (χ4v) is 2.05. The number of ether oxygens (including phenoxy) is 1. The molecule has 18 heavy (non-hydrogen) atoms. The van der Waals surface area contributed by atoms with Crippen LogP contribution in [0.3, 0.4) is 0 Å². The molecule has 1 rings (SSSR count). The van der Waals surface area contributed by atoms with Crippen LogP contribution < -0.4 is 10.6 Å². The normalized spacial score (nSPS) is 20.4. The summed E-state index contributed by atoms with van der Waals surface area (Å²) in [6.45, 7) is 4.17. The van der Waals surface area contributed by atoms with Crippen molar-refractivity contribution >= 4 is 11.9 Å². The highest BCUT2D eigenvalue weighted by molar-refractivity contribution is 5.95. The van der Waals surface area contributed by atoms with Gasteiger partial charge in [-0.2, -0.15) is 0 Å². The number of hydrogen-bond acceptors (Lipinski definition) is 4. The van der Waals surface area contributed by atoms with Crippen LogP contribution >= 0.6 is 0 Å². The van der Waals surface area contributed by atoms with Crippen molar-refractivity contribution in [1.29, 1.82) is 0 Å². The van der Waals surface area contributed by atoms with Crippen molar-refractivity contribution in [2.75, 3.05) is 33.4 Å². The summed E-state index contributed by atoms with van der Waals surface area (Å²) >= 11 is 0. The van der Waals surface area contributed by atoms with E-state index in [2.05, 4.69) is 22.5 Å². The standard InChI is InChI=1S/C12H23N3O3/c1-10-5-3-4-7-15(10)9-11(16)14-12(17)13-6-8-18-2/h10H,3-9H2,1-2H3,(H2,13,14,16,17)/t10-/m0/s1. The third kappa shape index (κ3) is 5.46.